The Morgan fingerprint density at radius 2 is 2.11 bits per heavy atom. The van der Waals surface area contributed by atoms with E-state index in [4.69, 9.17) is 0 Å². The number of benzene rings is 1. The average Bonchev–Trinajstić information content (AvgIpc) is 2.79. The van der Waals surface area contributed by atoms with E-state index in [0.29, 0.717) is 18.4 Å². The summed E-state index contributed by atoms with van der Waals surface area (Å²) in [5.41, 5.74) is 1.19. The Bertz CT molecular complexity index is 423. The minimum atomic E-state index is 0.290. The van der Waals surface area contributed by atoms with Crippen LogP contribution in [0.2, 0.25) is 0 Å². The molecule has 2 unspecified atom stereocenters. The van der Waals surface area contributed by atoms with Gasteiger partial charge in [-0.3, -0.25) is 4.79 Å². The minimum Gasteiger partial charge on any atom is -0.370 e. The Labute approximate surface area is 123 Å². The second-order valence-electron chi connectivity index (χ2n) is 5.32. The van der Waals surface area contributed by atoms with Gasteiger partial charge in [0.2, 0.25) is 5.91 Å². The van der Waals surface area contributed by atoms with Crippen LogP contribution in [0.1, 0.15) is 13.3 Å². The zero-order valence-electron chi connectivity index (χ0n) is 11.6. The molecule has 2 atom stereocenters. The zero-order chi connectivity index (χ0) is 13.8. The van der Waals surface area contributed by atoms with Gasteiger partial charge in [-0.25, -0.2) is 0 Å². The van der Waals surface area contributed by atoms with Gasteiger partial charge in [-0.1, -0.05) is 34.1 Å². The maximum Gasteiger partial charge on any atom is 0.223 e. The summed E-state index contributed by atoms with van der Waals surface area (Å²) in [4.78, 5) is 16.2. The minimum absolute atomic E-state index is 0.290. The first-order valence-electron chi connectivity index (χ1n) is 6.73. The van der Waals surface area contributed by atoms with E-state index in [9.17, 15) is 4.79 Å². The van der Waals surface area contributed by atoms with Crippen LogP contribution >= 0.6 is 15.9 Å². The van der Waals surface area contributed by atoms with Crippen molar-refractivity contribution in [2.75, 3.05) is 30.4 Å². The van der Waals surface area contributed by atoms with E-state index in [-0.39, 0.29) is 5.91 Å². The maximum absolute atomic E-state index is 11.9. The molecule has 1 saturated heterocycles. The van der Waals surface area contributed by atoms with Crippen molar-refractivity contribution in [1.82, 2.24) is 4.90 Å². The van der Waals surface area contributed by atoms with Crippen LogP contribution in [0.15, 0.2) is 30.3 Å². The molecule has 1 heterocycles. The molecule has 3 nitrogen and oxygen atoms in total. The first kappa shape index (κ1) is 14.4. The van der Waals surface area contributed by atoms with E-state index in [1.54, 1.807) is 0 Å². The molecule has 1 amide bonds. The molecular formula is C15H21BrN2O. The maximum atomic E-state index is 11.9. The number of para-hydroxylation sites is 1. The number of halogens is 1. The summed E-state index contributed by atoms with van der Waals surface area (Å²) in [6.07, 6.45) is 0.688. The van der Waals surface area contributed by atoms with Crippen molar-refractivity contribution >= 4 is 27.5 Å². The fourth-order valence-electron chi connectivity index (χ4n) is 2.49. The molecule has 4 heteroatoms. The van der Waals surface area contributed by atoms with Gasteiger partial charge in [0.1, 0.15) is 0 Å². The lowest BCUT2D eigenvalue weighted by Crippen LogP contribution is -2.41. The van der Waals surface area contributed by atoms with Crippen molar-refractivity contribution in [3.05, 3.63) is 30.3 Å². The number of anilines is 1. The van der Waals surface area contributed by atoms with Crippen molar-refractivity contribution in [2.45, 2.75) is 19.4 Å². The summed E-state index contributed by atoms with van der Waals surface area (Å²) < 4.78 is 0. The van der Waals surface area contributed by atoms with Gasteiger partial charge >= 0.3 is 0 Å². The monoisotopic (exact) mass is 324 g/mol. The zero-order valence-corrected chi connectivity index (χ0v) is 13.1. The molecule has 1 aromatic carbocycles. The average molecular weight is 325 g/mol. The largest absolute Gasteiger partial charge is 0.370 e. The van der Waals surface area contributed by atoms with Gasteiger partial charge < -0.3 is 9.80 Å². The number of nitrogens with zero attached hydrogens (tertiary/aromatic N) is 2. The van der Waals surface area contributed by atoms with Gasteiger partial charge in [-0.2, -0.15) is 0 Å². The number of rotatable bonds is 5. The first-order chi connectivity index (χ1) is 9.11. The molecule has 1 aliphatic heterocycles. The van der Waals surface area contributed by atoms with Crippen LogP contribution in [0.3, 0.4) is 0 Å². The molecule has 0 aliphatic carbocycles. The van der Waals surface area contributed by atoms with E-state index in [0.717, 1.165) is 18.4 Å². The molecule has 2 rings (SSSR count). The van der Waals surface area contributed by atoms with Crippen LogP contribution in [0.5, 0.6) is 0 Å². The number of alkyl halides is 1. The van der Waals surface area contributed by atoms with Crippen LogP contribution < -0.4 is 4.90 Å². The number of likely N-dealkylation sites (tertiary alicyclic amines) is 1. The second kappa shape index (κ2) is 6.42. The Morgan fingerprint density at radius 3 is 2.68 bits per heavy atom. The molecule has 1 fully saturated rings. The molecule has 104 valence electrons. The number of likely N-dealkylation sites (N-methyl/N-ethyl adjacent to an activating group) is 1. The lowest BCUT2D eigenvalue weighted by molar-refractivity contribution is -0.127. The Balaban J connectivity index is 1.94. The molecular weight excluding hydrogens is 304 g/mol. The van der Waals surface area contributed by atoms with E-state index >= 15 is 0 Å². The number of carbonyl (C=O) groups is 1. The molecule has 19 heavy (non-hydrogen) atoms. The summed E-state index contributed by atoms with van der Waals surface area (Å²) in [5.74, 6) is 0.763. The summed E-state index contributed by atoms with van der Waals surface area (Å²) in [5, 5.41) is 0.915. The Morgan fingerprint density at radius 1 is 1.42 bits per heavy atom. The van der Waals surface area contributed by atoms with Gasteiger partial charge in [0.25, 0.3) is 0 Å². The molecule has 0 aromatic heterocycles. The predicted molar refractivity (Wildman–Crippen MR) is 82.8 cm³/mol. The summed E-state index contributed by atoms with van der Waals surface area (Å²) in [6.45, 7) is 3.85. The van der Waals surface area contributed by atoms with E-state index in [2.05, 4.69) is 46.9 Å². The molecule has 0 bridgehead atoms. The highest BCUT2D eigenvalue weighted by Crippen LogP contribution is 2.21. The van der Waals surface area contributed by atoms with Crippen molar-refractivity contribution < 1.29 is 4.79 Å². The summed E-state index contributed by atoms with van der Waals surface area (Å²) >= 11 is 3.47. The molecule has 1 aromatic rings. The van der Waals surface area contributed by atoms with Crippen LogP contribution in [-0.2, 0) is 4.79 Å². The smallest absolute Gasteiger partial charge is 0.223 e. The molecule has 1 aliphatic rings. The molecule has 0 N–H and O–H groups in total. The number of hydrogen-bond acceptors (Lipinski definition) is 2. The third-order valence-corrected chi connectivity index (χ3v) is 4.74. The van der Waals surface area contributed by atoms with Crippen molar-refractivity contribution in [1.29, 1.82) is 0 Å². The van der Waals surface area contributed by atoms with Crippen LogP contribution in [-0.4, -0.2) is 42.3 Å². The van der Waals surface area contributed by atoms with Gasteiger partial charge in [0.05, 0.1) is 0 Å². The summed E-state index contributed by atoms with van der Waals surface area (Å²) in [7, 11) is 2.09. The second-order valence-corrected chi connectivity index (χ2v) is 5.97. The van der Waals surface area contributed by atoms with Crippen molar-refractivity contribution in [2.24, 2.45) is 5.92 Å². The topological polar surface area (TPSA) is 23.6 Å². The fraction of sp³-hybridized carbons (Fsp3) is 0.533. The highest BCUT2D eigenvalue weighted by Gasteiger charge is 2.30. The Hall–Kier alpha value is -1.03. The molecule has 0 radical (unpaired) electrons. The van der Waals surface area contributed by atoms with Gasteiger partial charge in [0, 0.05) is 43.6 Å². The number of carbonyl (C=O) groups excluding carboxylic acids is 1. The van der Waals surface area contributed by atoms with E-state index < -0.39 is 0 Å². The lowest BCUT2D eigenvalue weighted by atomic mass is 10.2. The third kappa shape index (κ3) is 3.50. The molecule has 0 saturated carbocycles. The molecule has 0 spiro atoms. The van der Waals surface area contributed by atoms with Crippen LogP contribution in [0, 0.1) is 5.92 Å². The van der Waals surface area contributed by atoms with Crippen LogP contribution in [0.25, 0.3) is 0 Å². The first-order valence-corrected chi connectivity index (χ1v) is 7.85. The number of amides is 1. The normalized spacial score (nSPS) is 20.7. The highest BCUT2D eigenvalue weighted by molar-refractivity contribution is 9.09. The highest BCUT2D eigenvalue weighted by atomic mass is 79.9. The fourth-order valence-corrected chi connectivity index (χ4v) is 2.93. The van der Waals surface area contributed by atoms with Crippen molar-refractivity contribution in [3.63, 3.8) is 0 Å². The van der Waals surface area contributed by atoms with E-state index in [1.807, 2.05) is 23.1 Å². The third-order valence-electron chi connectivity index (χ3n) is 3.82. The standard InChI is InChI=1S/C15H21BrN2O/c1-12(17(2)14-6-4-3-5-7-14)10-18-11-13(9-16)8-15(18)19/h3-7,12-13H,8-11H2,1-2H3. The summed E-state index contributed by atoms with van der Waals surface area (Å²) in [6, 6.07) is 10.6. The van der Waals surface area contributed by atoms with Crippen LogP contribution in [0.4, 0.5) is 5.69 Å². The van der Waals surface area contributed by atoms with Gasteiger partial charge in [-0.15, -0.1) is 0 Å². The quantitative estimate of drug-likeness (QED) is 0.777. The van der Waals surface area contributed by atoms with Crippen molar-refractivity contribution in [3.8, 4) is 0 Å². The SMILES string of the molecule is CC(CN1CC(CBr)CC1=O)N(C)c1ccccc1. The Kier molecular flexibility index (Phi) is 4.86. The predicted octanol–water partition coefficient (Wildman–Crippen LogP) is 2.75. The van der Waals surface area contributed by atoms with Gasteiger partial charge in [0.15, 0.2) is 0 Å². The van der Waals surface area contributed by atoms with E-state index in [1.165, 1.54) is 5.69 Å². The lowest BCUT2D eigenvalue weighted by Gasteiger charge is -2.30. The number of hydrogen-bond donors (Lipinski definition) is 0. The van der Waals surface area contributed by atoms with Gasteiger partial charge in [-0.05, 0) is 25.0 Å².